The van der Waals surface area contributed by atoms with Gasteiger partial charge in [-0.05, 0) is 37.0 Å². The smallest absolute Gasteiger partial charge is 0.257 e. The van der Waals surface area contributed by atoms with Crippen molar-refractivity contribution in [1.29, 1.82) is 0 Å². The molecule has 1 saturated heterocycles. The minimum Gasteiger partial charge on any atom is -0.390 e. The second-order valence-electron chi connectivity index (χ2n) is 11.8. The van der Waals surface area contributed by atoms with Crippen molar-refractivity contribution in [2.24, 2.45) is 0 Å². The molecule has 7 rings (SSSR count). The zero-order chi connectivity index (χ0) is 30.6. The first-order chi connectivity index (χ1) is 21.1. The van der Waals surface area contributed by atoms with Crippen molar-refractivity contribution in [3.63, 3.8) is 0 Å². The summed E-state index contributed by atoms with van der Waals surface area (Å²) in [5.41, 5.74) is 3.73. The largest absolute Gasteiger partial charge is 0.390 e. The van der Waals surface area contributed by atoms with Gasteiger partial charge in [0.25, 0.3) is 5.91 Å². The predicted octanol–water partition coefficient (Wildman–Crippen LogP) is 6.13. The number of hydrogen-bond donors (Lipinski definition) is 2. The van der Waals surface area contributed by atoms with E-state index in [4.69, 9.17) is 28.3 Å². The summed E-state index contributed by atoms with van der Waals surface area (Å²) in [7, 11) is 0. The number of piperidine rings is 1. The van der Waals surface area contributed by atoms with Crippen molar-refractivity contribution in [2.75, 3.05) is 18.4 Å². The maximum atomic E-state index is 14.3. The third-order valence-electron chi connectivity index (χ3n) is 8.53. The third kappa shape index (κ3) is 5.63. The highest BCUT2D eigenvalue weighted by molar-refractivity contribution is 7.13. The van der Waals surface area contributed by atoms with E-state index in [1.165, 1.54) is 21.6 Å². The molecule has 1 amide bonds. The van der Waals surface area contributed by atoms with E-state index >= 15 is 0 Å². The average Bonchev–Trinajstić information content (AvgIpc) is 3.79. The number of aromatic nitrogens is 5. The lowest BCUT2D eigenvalue weighted by Crippen LogP contribution is -2.41. The molecule has 0 spiro atoms. The fourth-order valence-corrected chi connectivity index (χ4v) is 7.14. The maximum absolute atomic E-state index is 14.3. The number of likely N-dealkylation sites (tertiary alicyclic amines) is 1. The lowest BCUT2D eigenvalue weighted by atomic mass is 9.93. The number of carbonyl (C=O) groups is 1. The van der Waals surface area contributed by atoms with Crippen LogP contribution in [0.25, 0.3) is 22.0 Å². The molecule has 228 valence electrons. The molecule has 5 heterocycles. The van der Waals surface area contributed by atoms with Crippen LogP contribution >= 0.6 is 34.5 Å². The van der Waals surface area contributed by atoms with Crippen LogP contribution in [0.5, 0.6) is 0 Å². The van der Waals surface area contributed by atoms with Gasteiger partial charge in [-0.2, -0.15) is 5.10 Å². The molecule has 2 aliphatic heterocycles. The lowest BCUT2D eigenvalue weighted by molar-refractivity contribution is -0.118. The van der Waals surface area contributed by atoms with Crippen molar-refractivity contribution in [2.45, 2.75) is 57.1 Å². The van der Waals surface area contributed by atoms with E-state index < -0.39 is 23.7 Å². The van der Waals surface area contributed by atoms with Crippen molar-refractivity contribution < 1.29 is 14.3 Å². The third-order valence-corrected chi connectivity index (χ3v) is 9.92. The van der Waals surface area contributed by atoms with Gasteiger partial charge in [-0.1, -0.05) is 47.5 Å². The second kappa shape index (κ2) is 11.5. The molecule has 2 N–H and O–H groups in total. The molecule has 0 aliphatic carbocycles. The zero-order valence-corrected chi connectivity index (χ0v) is 26.2. The van der Waals surface area contributed by atoms with Gasteiger partial charge in [0.05, 0.1) is 34.2 Å². The van der Waals surface area contributed by atoms with Gasteiger partial charge in [-0.3, -0.25) is 19.7 Å². The number of nitrogens with zero attached hydrogens (tertiary/aromatic N) is 6. The number of halogens is 3. The molecule has 9 nitrogen and oxygen atoms in total. The van der Waals surface area contributed by atoms with E-state index in [1.807, 2.05) is 25.1 Å². The van der Waals surface area contributed by atoms with Gasteiger partial charge in [0.2, 0.25) is 0 Å². The van der Waals surface area contributed by atoms with Crippen LogP contribution in [0, 0.1) is 0 Å². The molecule has 5 aromatic rings. The van der Waals surface area contributed by atoms with Crippen molar-refractivity contribution in [1.82, 2.24) is 29.2 Å². The highest BCUT2D eigenvalue weighted by Crippen LogP contribution is 2.39. The second-order valence-corrected chi connectivity index (χ2v) is 13.5. The predicted molar refractivity (Wildman–Crippen MR) is 170 cm³/mol. The first-order valence-electron chi connectivity index (χ1n) is 14.4. The van der Waals surface area contributed by atoms with Gasteiger partial charge in [0, 0.05) is 60.5 Å². The minimum absolute atomic E-state index is 0.164. The van der Waals surface area contributed by atoms with Gasteiger partial charge in [-0.25, -0.2) is 14.4 Å². The number of fused-ring (bicyclic) bond motifs is 2. The van der Waals surface area contributed by atoms with Crippen LogP contribution in [0.2, 0.25) is 10.0 Å². The standard InChI is InChI=1S/C31H30Cl2FN7O2S/c1-31(43)6-9-39(10-7-31)14-18-2-4-19(5-3-18)21-13-23(32)22-16-41(38-26(22)25(21)33)28(29(42)37-30-35-8-11-44-30)27-24-12-20(34)15-40(24)17-36-27/h2-5,8,11,13,16-17,20,28,43H,6-7,9-10,12,14-15H2,1H3,(H,35,37,42)/t20-,28-/m1/s1. The van der Waals surface area contributed by atoms with Gasteiger partial charge < -0.3 is 9.67 Å². The van der Waals surface area contributed by atoms with Crippen LogP contribution in [0.15, 0.2) is 54.4 Å². The Balaban J connectivity index is 1.21. The molecular weight excluding hydrogens is 624 g/mol. The number of amides is 1. The summed E-state index contributed by atoms with van der Waals surface area (Å²) >= 11 is 15.1. The Bertz CT molecular complexity index is 1830. The number of benzene rings is 2. The number of rotatable bonds is 7. The summed E-state index contributed by atoms with van der Waals surface area (Å²) in [6, 6.07) is 8.99. The molecule has 44 heavy (non-hydrogen) atoms. The van der Waals surface area contributed by atoms with Gasteiger partial charge in [-0.15, -0.1) is 11.3 Å². The lowest BCUT2D eigenvalue weighted by Gasteiger charge is -2.35. The first kappa shape index (κ1) is 29.4. The average molecular weight is 655 g/mol. The molecule has 0 bridgehead atoms. The number of thiazole rings is 1. The SMILES string of the molecule is CC1(O)CCN(Cc2ccc(-c3cc(Cl)c4cn([C@@H](C(=O)Nc5nccs5)c5ncn6c5C[C@@H](F)C6)nc4c3Cl)cc2)CC1. The van der Waals surface area contributed by atoms with E-state index in [2.05, 4.69) is 32.3 Å². The number of carbonyl (C=O) groups excluding carboxylic acids is 1. The van der Waals surface area contributed by atoms with Crippen molar-refractivity contribution >= 4 is 56.5 Å². The molecule has 1 fully saturated rings. The summed E-state index contributed by atoms with van der Waals surface area (Å²) in [6.07, 6.45) is 5.50. The topological polar surface area (TPSA) is 101 Å². The molecule has 3 aromatic heterocycles. The normalized spacial score (nSPS) is 18.9. The Morgan fingerprint density at radius 1 is 1.23 bits per heavy atom. The Morgan fingerprint density at radius 3 is 2.73 bits per heavy atom. The molecular formula is C31H30Cl2FN7O2S. The fourth-order valence-electron chi connectivity index (χ4n) is 6.05. The minimum atomic E-state index is -1.04. The number of hydrogen-bond acceptors (Lipinski definition) is 7. The Labute approximate surface area is 267 Å². The van der Waals surface area contributed by atoms with Crippen LogP contribution in [-0.2, 0) is 24.3 Å². The monoisotopic (exact) mass is 653 g/mol. The summed E-state index contributed by atoms with van der Waals surface area (Å²) in [5.74, 6) is -0.406. The molecule has 0 saturated carbocycles. The molecule has 2 atom stereocenters. The highest BCUT2D eigenvalue weighted by atomic mass is 35.5. The first-order valence-corrected chi connectivity index (χ1v) is 16.1. The quantitative estimate of drug-likeness (QED) is 0.219. The zero-order valence-electron chi connectivity index (χ0n) is 23.9. The van der Waals surface area contributed by atoms with Crippen molar-refractivity contribution in [3.8, 4) is 11.1 Å². The number of imidazole rings is 1. The van der Waals surface area contributed by atoms with Crippen LogP contribution in [0.3, 0.4) is 0 Å². The number of alkyl halides is 1. The Kier molecular flexibility index (Phi) is 7.70. The van der Waals surface area contributed by atoms with Gasteiger partial charge in [0.1, 0.15) is 11.7 Å². The van der Waals surface area contributed by atoms with E-state index in [-0.39, 0.29) is 13.0 Å². The molecule has 0 unspecified atom stereocenters. The Morgan fingerprint density at radius 2 is 2.00 bits per heavy atom. The summed E-state index contributed by atoms with van der Waals surface area (Å²) < 4.78 is 17.6. The van der Waals surface area contributed by atoms with Gasteiger partial charge >= 0.3 is 0 Å². The number of nitrogens with one attached hydrogen (secondary N) is 1. The summed E-state index contributed by atoms with van der Waals surface area (Å²) in [4.78, 5) is 24.7. The fraction of sp³-hybridized carbons (Fsp3) is 0.355. The summed E-state index contributed by atoms with van der Waals surface area (Å²) in [6.45, 7) is 4.61. The Hall–Kier alpha value is -3.35. The number of aliphatic hydroxyl groups is 1. The number of anilines is 1. The van der Waals surface area contributed by atoms with E-state index in [0.717, 1.165) is 43.6 Å². The molecule has 2 aromatic carbocycles. The molecule has 2 aliphatic rings. The van der Waals surface area contributed by atoms with Crippen LogP contribution in [0.1, 0.15) is 42.8 Å². The van der Waals surface area contributed by atoms with Gasteiger partial charge in [0.15, 0.2) is 11.2 Å². The molecule has 13 heteroatoms. The molecule has 0 radical (unpaired) electrons. The van der Waals surface area contributed by atoms with Crippen LogP contribution in [0.4, 0.5) is 9.52 Å². The summed E-state index contributed by atoms with van der Waals surface area (Å²) in [5, 5.41) is 21.5. The van der Waals surface area contributed by atoms with E-state index in [9.17, 15) is 14.3 Å². The van der Waals surface area contributed by atoms with Crippen LogP contribution in [-0.4, -0.2) is 65.1 Å². The highest BCUT2D eigenvalue weighted by Gasteiger charge is 2.35. The van der Waals surface area contributed by atoms with Crippen LogP contribution < -0.4 is 5.32 Å². The van der Waals surface area contributed by atoms with Crippen molar-refractivity contribution in [3.05, 3.63) is 81.4 Å². The maximum Gasteiger partial charge on any atom is 0.257 e. The van der Waals surface area contributed by atoms with E-state index in [1.54, 1.807) is 28.7 Å². The van der Waals surface area contributed by atoms with E-state index in [0.29, 0.717) is 37.5 Å².